The number of hydrogen-bond acceptors (Lipinski definition) is 18. The van der Waals surface area contributed by atoms with Crippen LogP contribution in [0.5, 0.6) is 0 Å². The second kappa shape index (κ2) is 16.5. The van der Waals surface area contributed by atoms with Gasteiger partial charge < -0.3 is 39.6 Å². The maximum absolute atomic E-state index is 16.4. The van der Waals surface area contributed by atoms with Crippen LogP contribution in [-0.2, 0) is 53.5 Å². The fourth-order valence-electron chi connectivity index (χ4n) is 6.35. The smallest absolute Gasteiger partial charge is 0.410 e. The number of nitrogen functional groups attached to an aromatic ring is 1. The number of rotatable bonds is 7. The monoisotopic (exact) mass is 893 g/mol. The number of carbonyl (C=O) groups is 2. The average Bonchev–Trinajstić information content (AvgIpc) is 3.91. The Labute approximate surface area is 338 Å². The summed E-state index contributed by atoms with van der Waals surface area (Å²) in [4.78, 5) is 62.2. The second-order valence-corrected chi connectivity index (χ2v) is 20.0. The molecule has 0 saturated carbocycles. The number of halogens is 2. The Balaban J connectivity index is 1.04. The van der Waals surface area contributed by atoms with Gasteiger partial charge in [-0.2, -0.15) is 0 Å². The molecule has 3 aliphatic rings. The number of aromatic nitrogens is 8. The molecule has 22 nitrogen and oxygen atoms in total. The Morgan fingerprint density at radius 3 is 2.19 bits per heavy atom. The number of hydrogen-bond donors (Lipinski definition) is 4. The van der Waals surface area contributed by atoms with Crippen molar-refractivity contribution in [2.75, 3.05) is 37.9 Å². The minimum Gasteiger partial charge on any atom is -0.444 e. The molecule has 316 valence electrons. The van der Waals surface area contributed by atoms with Crippen LogP contribution < -0.4 is 11.1 Å². The number of carbonyl (C=O) groups excluding carboxylic acids is 2. The van der Waals surface area contributed by atoms with E-state index in [1.54, 1.807) is 27.8 Å². The van der Waals surface area contributed by atoms with Gasteiger partial charge in [0.1, 0.15) is 48.2 Å². The molecule has 28 heteroatoms. The number of anilines is 2. The van der Waals surface area contributed by atoms with Crippen molar-refractivity contribution < 1.29 is 60.1 Å². The molecule has 3 saturated heterocycles. The Hall–Kier alpha value is -3.55. The van der Waals surface area contributed by atoms with E-state index in [0.29, 0.717) is 6.42 Å². The third-order valence-corrected chi connectivity index (χ3v) is 12.2. The van der Waals surface area contributed by atoms with Crippen LogP contribution >= 0.6 is 25.8 Å². The van der Waals surface area contributed by atoms with Gasteiger partial charge in [0.2, 0.25) is 5.91 Å². The molecular formula is C30H39F2N11O11P2S2. The van der Waals surface area contributed by atoms with Crippen LogP contribution in [0.3, 0.4) is 0 Å². The van der Waals surface area contributed by atoms with Crippen LogP contribution in [0.1, 0.15) is 46.1 Å². The topological polar surface area (TPSA) is 265 Å². The third kappa shape index (κ3) is 9.11. The average molecular weight is 894 g/mol. The van der Waals surface area contributed by atoms with Gasteiger partial charge in [0.05, 0.1) is 25.9 Å². The molecule has 4 unspecified atom stereocenters. The maximum Gasteiger partial charge on any atom is 0.410 e. The molecule has 58 heavy (non-hydrogen) atoms. The summed E-state index contributed by atoms with van der Waals surface area (Å²) in [5, 5.41) is 2.65. The molecule has 0 aliphatic carbocycles. The number of nitrogens with zero attached hydrogens (tertiary/aromatic N) is 9. The molecule has 4 aromatic heterocycles. The zero-order chi connectivity index (χ0) is 41.7. The maximum atomic E-state index is 16.4. The first kappa shape index (κ1) is 42.6. The highest BCUT2D eigenvalue weighted by molar-refractivity contribution is 8.44. The van der Waals surface area contributed by atoms with Gasteiger partial charge in [-0.1, -0.05) is 12.2 Å². The standard InChI is InChI=1S/C30H39F2N11O11P2S2/c1-30(2,3)52-29(45)41(4)7-5-6-16(44)40-24-20-26(37-11-35-24)43(13-39-20)28-18(32)22-15(51-28)9-49-55(46,57)53-21-14(8-48-56(47,58)54-22)50-27(17(21)31)42-12-38-19-23(33)34-10-36-25(19)42/h10-15,17-18,21-22,27-28H,5-9H2,1-4H3,(H,46,57)(H,47,58)(H2,33,34,36)(H,35,37,40,44)/t14-,15-,17-,18-,21?,22?,27-,28-,55?,56?/m1/s1. The summed E-state index contributed by atoms with van der Waals surface area (Å²) in [5.74, 6) is -0.393. The summed E-state index contributed by atoms with van der Waals surface area (Å²) in [6.07, 6.45) is -8.86. The fourth-order valence-corrected chi connectivity index (χ4v) is 9.27. The lowest BCUT2D eigenvalue weighted by atomic mass is 10.1. The predicted molar refractivity (Wildman–Crippen MR) is 204 cm³/mol. The second-order valence-electron chi connectivity index (χ2n) is 14.4. The van der Waals surface area contributed by atoms with Gasteiger partial charge in [-0.15, -0.1) is 0 Å². The van der Waals surface area contributed by atoms with Crippen LogP contribution in [0.15, 0.2) is 25.3 Å². The van der Waals surface area contributed by atoms with E-state index in [9.17, 15) is 19.0 Å². The fraction of sp³-hybridized carbons (Fsp3) is 0.600. The molecule has 4 N–H and O–H groups in total. The lowest BCUT2D eigenvalue weighted by molar-refractivity contribution is -0.116. The van der Waals surface area contributed by atoms with Crippen LogP contribution in [-0.4, -0.2) is 130 Å². The number of ether oxygens (including phenoxy) is 3. The van der Waals surface area contributed by atoms with Gasteiger partial charge in [-0.25, -0.2) is 48.0 Å². The molecule has 4 aromatic rings. The van der Waals surface area contributed by atoms with E-state index in [-0.39, 0.29) is 46.9 Å². The Morgan fingerprint density at radius 2 is 1.55 bits per heavy atom. The number of amides is 2. The van der Waals surface area contributed by atoms with Crippen molar-refractivity contribution in [2.24, 2.45) is 0 Å². The summed E-state index contributed by atoms with van der Waals surface area (Å²) in [7, 11) is 1.56. The van der Waals surface area contributed by atoms with E-state index in [0.717, 1.165) is 12.7 Å². The van der Waals surface area contributed by atoms with Gasteiger partial charge in [-0.05, 0) is 39.0 Å². The van der Waals surface area contributed by atoms with Crippen LogP contribution in [0.25, 0.3) is 22.3 Å². The highest BCUT2D eigenvalue weighted by Crippen LogP contribution is 2.58. The van der Waals surface area contributed by atoms with Crippen molar-refractivity contribution in [1.29, 1.82) is 0 Å². The SMILES string of the molecule is CN(CCCC(=O)Nc1ncnc2c1ncn2[C@@H]1O[C@@H]2COP(O)(=S)OC3[C@@H](F)[C@H](n4cnc5c(N)ncnc54)O[C@@H]3COP(=O)(S)OC2[C@H]1F)C(=O)OC(C)(C)C. The minimum atomic E-state index is -4.48. The summed E-state index contributed by atoms with van der Waals surface area (Å²) < 4.78 is 88.0. The van der Waals surface area contributed by atoms with Gasteiger partial charge in [0.25, 0.3) is 0 Å². The van der Waals surface area contributed by atoms with Gasteiger partial charge in [0, 0.05) is 20.0 Å². The van der Waals surface area contributed by atoms with E-state index < -0.39 is 93.5 Å². The zero-order valence-corrected chi connectivity index (χ0v) is 34.6. The van der Waals surface area contributed by atoms with E-state index in [4.69, 9.17) is 49.8 Å². The van der Waals surface area contributed by atoms with E-state index in [2.05, 4.69) is 47.5 Å². The number of alkyl halides is 2. The van der Waals surface area contributed by atoms with Gasteiger partial charge in [-0.3, -0.25) is 27.5 Å². The largest absolute Gasteiger partial charge is 0.444 e. The highest BCUT2D eigenvalue weighted by atomic mass is 32.7. The van der Waals surface area contributed by atoms with Crippen molar-refractivity contribution >= 4 is 83.5 Å². The summed E-state index contributed by atoms with van der Waals surface area (Å²) in [6, 6.07) is 0. The van der Waals surface area contributed by atoms with Crippen molar-refractivity contribution in [3.8, 4) is 0 Å². The van der Waals surface area contributed by atoms with Gasteiger partial charge >= 0.3 is 19.6 Å². The number of fused-ring (bicyclic) bond motifs is 4. The lowest BCUT2D eigenvalue weighted by Gasteiger charge is -2.29. The highest BCUT2D eigenvalue weighted by Gasteiger charge is 2.54. The molecule has 2 amide bonds. The number of imidazole rings is 2. The molecule has 7 rings (SSSR count). The van der Waals surface area contributed by atoms with Crippen molar-refractivity contribution in [2.45, 2.75) is 88.4 Å². The van der Waals surface area contributed by atoms with E-state index >= 15 is 8.78 Å². The van der Waals surface area contributed by atoms with Crippen LogP contribution in [0, 0.1) is 0 Å². The van der Waals surface area contributed by atoms with Crippen LogP contribution in [0.2, 0.25) is 0 Å². The third-order valence-electron chi connectivity index (χ3n) is 9.00. The molecule has 0 bridgehead atoms. The van der Waals surface area contributed by atoms with E-state index in [1.165, 1.54) is 26.7 Å². The van der Waals surface area contributed by atoms with Crippen LogP contribution in [0.4, 0.5) is 25.2 Å². The summed E-state index contributed by atoms with van der Waals surface area (Å²) in [5.41, 5.74) is 5.62. The molecule has 7 heterocycles. The normalized spacial score (nSPS) is 31.9. The molecule has 0 radical (unpaired) electrons. The van der Waals surface area contributed by atoms with Crippen molar-refractivity contribution in [3.63, 3.8) is 0 Å². The molecule has 3 aliphatic heterocycles. The molecule has 0 aromatic carbocycles. The molecule has 0 spiro atoms. The first-order valence-electron chi connectivity index (χ1n) is 17.6. The number of thiol groups is 1. The molecule has 3 fully saturated rings. The number of nitrogens with one attached hydrogen (secondary N) is 1. The van der Waals surface area contributed by atoms with Crippen molar-refractivity contribution in [3.05, 3.63) is 25.3 Å². The van der Waals surface area contributed by atoms with Crippen molar-refractivity contribution in [1.82, 2.24) is 43.9 Å². The minimum absolute atomic E-state index is 0.0126. The first-order chi connectivity index (χ1) is 27.3. The first-order valence-corrected chi connectivity index (χ1v) is 22.8. The number of nitrogens with two attached hydrogens (primary N) is 1. The van der Waals surface area contributed by atoms with E-state index in [1.807, 2.05) is 0 Å². The summed E-state index contributed by atoms with van der Waals surface area (Å²) >= 11 is 9.26. The lowest BCUT2D eigenvalue weighted by Crippen LogP contribution is -2.37. The Kier molecular flexibility index (Phi) is 12.1. The molecule has 10 atom stereocenters. The Bertz CT molecular complexity index is 2290. The quantitative estimate of drug-likeness (QED) is 0.153. The Morgan fingerprint density at radius 1 is 0.983 bits per heavy atom. The molecular weight excluding hydrogens is 854 g/mol. The predicted octanol–water partition coefficient (Wildman–Crippen LogP) is 3.38. The summed E-state index contributed by atoms with van der Waals surface area (Å²) in [6.45, 7) is -4.70. The van der Waals surface area contributed by atoms with Gasteiger partial charge in [0.15, 0.2) is 53.2 Å². The zero-order valence-electron chi connectivity index (χ0n) is 31.1.